The van der Waals surface area contributed by atoms with Gasteiger partial charge in [-0.15, -0.1) is 0 Å². The average Bonchev–Trinajstić information content (AvgIpc) is 3.26. The molecule has 37 heavy (non-hydrogen) atoms. The molecule has 0 radical (unpaired) electrons. The van der Waals surface area contributed by atoms with Crippen LogP contribution < -0.4 is 5.32 Å². The summed E-state index contributed by atoms with van der Waals surface area (Å²) in [6.45, 7) is 0. The van der Waals surface area contributed by atoms with E-state index in [1.807, 2.05) is 84.9 Å². The van der Waals surface area contributed by atoms with Crippen molar-refractivity contribution in [2.45, 2.75) is 25.3 Å². The topological polar surface area (TPSA) is 101 Å². The van der Waals surface area contributed by atoms with E-state index in [9.17, 15) is 19.5 Å². The Morgan fingerprint density at radius 2 is 1.46 bits per heavy atom. The molecule has 1 amide bonds. The summed E-state index contributed by atoms with van der Waals surface area (Å²) in [6.07, 6.45) is 2.59. The fourth-order valence-electron chi connectivity index (χ4n) is 4.55. The van der Waals surface area contributed by atoms with E-state index in [0.717, 1.165) is 22.0 Å². The summed E-state index contributed by atoms with van der Waals surface area (Å²) in [5, 5.41) is 13.8. The van der Waals surface area contributed by atoms with Gasteiger partial charge in [0.2, 0.25) is 5.91 Å². The van der Waals surface area contributed by atoms with Crippen LogP contribution in [0.3, 0.4) is 0 Å². The van der Waals surface area contributed by atoms with Gasteiger partial charge in [-0.3, -0.25) is 14.2 Å². The van der Waals surface area contributed by atoms with Crippen LogP contribution in [-0.4, -0.2) is 38.5 Å². The number of carbonyl (C=O) groups is 3. The van der Waals surface area contributed by atoms with Gasteiger partial charge in [0.15, 0.2) is 0 Å². The van der Waals surface area contributed by atoms with Crippen molar-refractivity contribution in [2.75, 3.05) is 0 Å². The zero-order valence-corrected chi connectivity index (χ0v) is 20.0. The van der Waals surface area contributed by atoms with Crippen LogP contribution in [0.15, 0.2) is 97.2 Å². The third-order valence-electron chi connectivity index (χ3n) is 6.40. The number of para-hydroxylation sites is 1. The van der Waals surface area contributed by atoms with E-state index in [4.69, 9.17) is 0 Å². The summed E-state index contributed by atoms with van der Waals surface area (Å²) in [4.78, 5) is 42.5. The quantitative estimate of drug-likeness (QED) is 0.322. The predicted molar refractivity (Wildman–Crippen MR) is 142 cm³/mol. The second-order valence-electron chi connectivity index (χ2n) is 8.87. The van der Waals surface area contributed by atoms with Crippen molar-refractivity contribution < 1.29 is 19.5 Å². The molecule has 0 saturated heterocycles. The van der Waals surface area contributed by atoms with Crippen LogP contribution in [0.5, 0.6) is 0 Å². The van der Waals surface area contributed by atoms with Crippen molar-refractivity contribution in [3.63, 3.8) is 0 Å². The van der Waals surface area contributed by atoms with Gasteiger partial charge in [0.1, 0.15) is 11.7 Å². The molecular formula is C30H25N3O4. The van der Waals surface area contributed by atoms with Crippen LogP contribution in [0.25, 0.3) is 21.8 Å². The van der Waals surface area contributed by atoms with Gasteiger partial charge in [-0.1, -0.05) is 78.9 Å². The van der Waals surface area contributed by atoms with Crippen molar-refractivity contribution in [2.24, 2.45) is 0 Å². The first-order chi connectivity index (χ1) is 18.0. The monoisotopic (exact) mass is 491 g/mol. The maximum Gasteiger partial charge on any atom is 0.326 e. The summed E-state index contributed by atoms with van der Waals surface area (Å²) < 4.78 is 1.65. The lowest BCUT2D eigenvalue weighted by Crippen LogP contribution is -2.42. The molecular weight excluding hydrogens is 466 g/mol. The van der Waals surface area contributed by atoms with E-state index in [0.29, 0.717) is 23.7 Å². The number of aliphatic carboxylic acids is 1. The van der Waals surface area contributed by atoms with Crippen LogP contribution in [0.4, 0.5) is 0 Å². The summed E-state index contributed by atoms with van der Waals surface area (Å²) in [5.74, 6) is -1.78. The number of hydrogen-bond donors (Lipinski definition) is 2. The first-order valence-corrected chi connectivity index (χ1v) is 12.0. The number of carboxylic acids is 1. The summed E-state index contributed by atoms with van der Waals surface area (Å²) in [6, 6.07) is 27.0. The molecule has 1 unspecified atom stereocenters. The number of carbonyl (C=O) groups excluding carboxylic acids is 2. The van der Waals surface area contributed by atoms with E-state index < -0.39 is 17.9 Å². The molecule has 1 atom stereocenters. The highest BCUT2D eigenvalue weighted by molar-refractivity contribution is 6.14. The maximum atomic E-state index is 13.3. The molecule has 0 saturated carbocycles. The molecule has 7 heteroatoms. The summed E-state index contributed by atoms with van der Waals surface area (Å²) in [5.41, 5.74) is 3.32. The van der Waals surface area contributed by atoms with Gasteiger partial charge >= 0.3 is 5.97 Å². The number of fused-ring (bicyclic) bond motifs is 3. The molecule has 0 aliphatic heterocycles. The highest BCUT2D eigenvalue weighted by Gasteiger charge is 2.23. The minimum Gasteiger partial charge on any atom is -0.480 e. The van der Waals surface area contributed by atoms with Gasteiger partial charge in [-0.25, -0.2) is 9.78 Å². The lowest BCUT2D eigenvalue weighted by molar-refractivity contribution is -0.139. The summed E-state index contributed by atoms with van der Waals surface area (Å²) in [7, 11) is 0. The zero-order chi connectivity index (χ0) is 25.8. The molecule has 0 aliphatic rings. The predicted octanol–water partition coefficient (Wildman–Crippen LogP) is 4.89. The van der Waals surface area contributed by atoms with Gasteiger partial charge in [0, 0.05) is 23.6 Å². The fourth-order valence-corrected chi connectivity index (χ4v) is 4.55. The highest BCUT2D eigenvalue weighted by Crippen LogP contribution is 2.29. The van der Waals surface area contributed by atoms with E-state index in [1.54, 1.807) is 10.6 Å². The molecule has 0 spiro atoms. The van der Waals surface area contributed by atoms with Crippen LogP contribution in [0.1, 0.15) is 32.8 Å². The second kappa shape index (κ2) is 10.5. The normalized spacial score (nSPS) is 11.9. The third kappa shape index (κ3) is 5.11. The van der Waals surface area contributed by atoms with Crippen molar-refractivity contribution in [1.29, 1.82) is 0 Å². The molecule has 5 rings (SSSR count). The fraction of sp³-hybridized carbons (Fsp3) is 0.133. The minimum absolute atomic E-state index is 0.0668. The van der Waals surface area contributed by atoms with Gasteiger partial charge in [-0.05, 0) is 29.7 Å². The smallest absolute Gasteiger partial charge is 0.326 e. The Labute approximate surface area is 213 Å². The molecule has 0 aliphatic carbocycles. The van der Waals surface area contributed by atoms with E-state index >= 15 is 0 Å². The average molecular weight is 492 g/mol. The minimum atomic E-state index is -1.13. The van der Waals surface area contributed by atoms with Crippen LogP contribution >= 0.6 is 0 Å². The Morgan fingerprint density at radius 3 is 2.16 bits per heavy atom. The number of hydrogen-bond acceptors (Lipinski definition) is 4. The van der Waals surface area contributed by atoms with Crippen molar-refractivity contribution in [3.8, 4) is 0 Å². The molecule has 2 heterocycles. The number of carboxylic acid groups (broad SMARTS) is 1. The Bertz CT molecular complexity index is 1590. The lowest BCUT2D eigenvalue weighted by atomic mass is 10.1. The van der Waals surface area contributed by atoms with Gasteiger partial charge in [-0.2, -0.15) is 0 Å². The van der Waals surface area contributed by atoms with Crippen molar-refractivity contribution in [1.82, 2.24) is 14.9 Å². The van der Waals surface area contributed by atoms with Crippen LogP contribution in [-0.2, 0) is 17.6 Å². The van der Waals surface area contributed by atoms with Gasteiger partial charge in [0.05, 0.1) is 17.2 Å². The Morgan fingerprint density at radius 1 is 0.811 bits per heavy atom. The molecule has 2 N–H and O–H groups in total. The number of nitrogens with zero attached hydrogens (tertiary/aromatic N) is 2. The molecule has 0 fully saturated rings. The largest absolute Gasteiger partial charge is 0.480 e. The molecule has 5 aromatic rings. The number of amides is 1. The van der Waals surface area contributed by atoms with Gasteiger partial charge < -0.3 is 10.4 Å². The van der Waals surface area contributed by atoms with Crippen LogP contribution in [0.2, 0.25) is 0 Å². The first-order valence-electron chi connectivity index (χ1n) is 12.0. The lowest BCUT2D eigenvalue weighted by Gasteiger charge is -2.14. The third-order valence-corrected chi connectivity index (χ3v) is 6.40. The van der Waals surface area contributed by atoms with E-state index in [-0.39, 0.29) is 18.0 Å². The Balaban J connectivity index is 1.44. The second-order valence-corrected chi connectivity index (χ2v) is 8.87. The molecule has 7 nitrogen and oxygen atoms in total. The molecule has 2 aromatic heterocycles. The number of pyridine rings is 1. The van der Waals surface area contributed by atoms with Gasteiger partial charge in [0.25, 0.3) is 5.91 Å². The number of nitrogens with one attached hydrogen (secondary N) is 1. The number of aromatic nitrogens is 2. The maximum absolute atomic E-state index is 13.3. The van der Waals surface area contributed by atoms with E-state index in [2.05, 4.69) is 10.3 Å². The van der Waals surface area contributed by atoms with E-state index in [1.165, 1.54) is 6.20 Å². The Hall–Kier alpha value is -4.78. The zero-order valence-electron chi connectivity index (χ0n) is 20.0. The molecule has 3 aromatic carbocycles. The number of rotatable bonds is 8. The standard InChI is InChI=1S/C30H25N3O4/c34-28(16-15-20-9-3-1-4-10-20)33-26-14-8-7-13-22(26)23-18-24(31-19-27(23)33)29(35)32-25(30(36)37)17-21-11-5-2-6-12-21/h1-14,18-19,25H,15-17H2,(H,32,35)(H,36,37). The number of aryl methyl sites for hydroxylation is 1. The SMILES string of the molecule is O=C(NC(Cc1ccccc1)C(=O)O)c1cc2c3ccccc3n(C(=O)CCc3ccccc3)c2cn1. The first kappa shape index (κ1) is 23.9. The number of benzene rings is 3. The summed E-state index contributed by atoms with van der Waals surface area (Å²) >= 11 is 0. The van der Waals surface area contributed by atoms with Crippen molar-refractivity contribution >= 4 is 39.6 Å². The molecule has 0 bridgehead atoms. The highest BCUT2D eigenvalue weighted by atomic mass is 16.4. The van der Waals surface area contributed by atoms with Crippen LogP contribution in [0, 0.1) is 0 Å². The van der Waals surface area contributed by atoms with Crippen molar-refractivity contribution in [3.05, 3.63) is 114 Å². The Kier molecular flexibility index (Phi) is 6.76. The molecule has 184 valence electrons.